The quantitative estimate of drug-likeness (QED) is 0.424. The summed E-state index contributed by atoms with van der Waals surface area (Å²) in [5.74, 6) is -0.0170. The second-order valence-electron chi connectivity index (χ2n) is 10.7. The maximum atomic E-state index is 13.3. The molecule has 3 amide bonds. The lowest BCUT2D eigenvalue weighted by molar-refractivity contribution is -0.136. The second kappa shape index (κ2) is 8.77. The number of halogens is 1. The van der Waals surface area contributed by atoms with Gasteiger partial charge in [-0.2, -0.15) is 0 Å². The van der Waals surface area contributed by atoms with E-state index in [2.05, 4.69) is 25.8 Å². The SMILES string of the molecule is Cc1cc(OC2CC2)cnc1-c1nnc(NC2(c3cc(Cl)c4c(c3)C(=O)N(C3CCC(=O)NC3=O)C4)CC2)o1. The van der Waals surface area contributed by atoms with Gasteiger partial charge in [0.25, 0.3) is 11.8 Å². The number of imide groups is 1. The minimum atomic E-state index is -0.696. The zero-order valence-electron chi connectivity index (χ0n) is 21.1. The molecule has 7 rings (SSSR count). The number of carbonyl (C=O) groups excluding carboxylic acids is 3. The van der Waals surface area contributed by atoms with Crippen molar-refractivity contribution >= 4 is 35.3 Å². The Labute approximate surface area is 228 Å². The van der Waals surface area contributed by atoms with E-state index in [1.54, 1.807) is 6.20 Å². The molecule has 3 aromatic rings. The van der Waals surface area contributed by atoms with E-state index in [-0.39, 0.29) is 36.9 Å². The molecular weight excluding hydrogens is 524 g/mol. The van der Waals surface area contributed by atoms with Gasteiger partial charge in [-0.15, -0.1) is 5.10 Å². The smallest absolute Gasteiger partial charge is 0.316 e. The van der Waals surface area contributed by atoms with E-state index in [1.807, 2.05) is 25.1 Å². The molecule has 39 heavy (non-hydrogen) atoms. The Morgan fingerprint density at radius 1 is 1.15 bits per heavy atom. The number of hydrogen-bond acceptors (Lipinski definition) is 9. The molecule has 0 spiro atoms. The van der Waals surface area contributed by atoms with E-state index in [0.717, 1.165) is 42.6 Å². The van der Waals surface area contributed by atoms with Crippen molar-refractivity contribution in [2.24, 2.45) is 0 Å². The lowest BCUT2D eigenvalue weighted by Gasteiger charge is -2.29. The number of carbonyl (C=O) groups is 3. The van der Waals surface area contributed by atoms with Crippen LogP contribution < -0.4 is 15.4 Å². The van der Waals surface area contributed by atoms with Crippen LogP contribution in [0.3, 0.4) is 0 Å². The molecule has 2 aliphatic heterocycles. The molecule has 12 heteroatoms. The van der Waals surface area contributed by atoms with E-state index in [4.69, 9.17) is 20.8 Å². The number of pyridine rings is 1. The van der Waals surface area contributed by atoms with Crippen molar-refractivity contribution in [1.29, 1.82) is 0 Å². The molecule has 0 radical (unpaired) electrons. The second-order valence-corrected chi connectivity index (χ2v) is 11.1. The lowest BCUT2D eigenvalue weighted by atomic mass is 9.99. The van der Waals surface area contributed by atoms with Crippen molar-refractivity contribution < 1.29 is 23.5 Å². The number of aromatic nitrogens is 3. The lowest BCUT2D eigenvalue weighted by Crippen LogP contribution is -2.52. The molecule has 0 bridgehead atoms. The number of aryl methyl sites for hydroxylation is 1. The van der Waals surface area contributed by atoms with E-state index in [1.165, 1.54) is 4.90 Å². The molecule has 200 valence electrons. The van der Waals surface area contributed by atoms with Crippen LogP contribution in [0.5, 0.6) is 5.75 Å². The maximum Gasteiger partial charge on any atom is 0.316 e. The van der Waals surface area contributed by atoms with Crippen molar-refractivity contribution in [3.63, 3.8) is 0 Å². The fourth-order valence-electron chi connectivity index (χ4n) is 5.29. The predicted molar refractivity (Wildman–Crippen MR) is 138 cm³/mol. The van der Waals surface area contributed by atoms with Crippen LogP contribution in [0, 0.1) is 6.92 Å². The van der Waals surface area contributed by atoms with Crippen LogP contribution in [0.4, 0.5) is 6.01 Å². The molecule has 3 fully saturated rings. The van der Waals surface area contributed by atoms with Gasteiger partial charge in [0, 0.05) is 29.1 Å². The molecule has 2 aliphatic carbocycles. The van der Waals surface area contributed by atoms with Crippen LogP contribution in [0.2, 0.25) is 5.02 Å². The molecule has 11 nitrogen and oxygen atoms in total. The summed E-state index contributed by atoms with van der Waals surface area (Å²) < 4.78 is 11.7. The molecule has 2 aromatic heterocycles. The first-order valence-corrected chi connectivity index (χ1v) is 13.4. The summed E-state index contributed by atoms with van der Waals surface area (Å²) in [6, 6.07) is 5.15. The molecular formula is C27H25ClN6O5. The fourth-order valence-corrected chi connectivity index (χ4v) is 5.57. The Hall–Kier alpha value is -3.99. The molecule has 4 heterocycles. The average Bonchev–Trinajstić information content (AvgIpc) is 3.80. The monoisotopic (exact) mass is 548 g/mol. The van der Waals surface area contributed by atoms with Crippen molar-refractivity contribution in [2.75, 3.05) is 5.32 Å². The Bertz CT molecular complexity index is 1550. The average molecular weight is 549 g/mol. The number of fused-ring (bicyclic) bond motifs is 1. The van der Waals surface area contributed by atoms with Crippen LogP contribution in [0.1, 0.15) is 65.6 Å². The predicted octanol–water partition coefficient (Wildman–Crippen LogP) is 3.50. The summed E-state index contributed by atoms with van der Waals surface area (Å²) in [5.41, 5.74) is 2.93. The van der Waals surface area contributed by atoms with Gasteiger partial charge in [-0.05, 0) is 68.4 Å². The summed E-state index contributed by atoms with van der Waals surface area (Å²) in [7, 11) is 0. The van der Waals surface area contributed by atoms with Crippen LogP contribution >= 0.6 is 11.6 Å². The van der Waals surface area contributed by atoms with Crippen molar-refractivity contribution in [3.8, 4) is 17.3 Å². The van der Waals surface area contributed by atoms with Gasteiger partial charge in [0.1, 0.15) is 17.5 Å². The first kappa shape index (κ1) is 24.1. The van der Waals surface area contributed by atoms with Crippen LogP contribution in [0.25, 0.3) is 11.6 Å². The summed E-state index contributed by atoms with van der Waals surface area (Å²) in [6.45, 7) is 2.15. The van der Waals surface area contributed by atoms with Crippen LogP contribution in [0.15, 0.2) is 28.8 Å². The Kier molecular flexibility index (Phi) is 5.41. The van der Waals surface area contributed by atoms with Gasteiger partial charge in [-0.3, -0.25) is 19.7 Å². The molecule has 1 unspecified atom stereocenters. The normalized spacial score (nSPS) is 21.5. The summed E-state index contributed by atoms with van der Waals surface area (Å²) >= 11 is 6.66. The van der Waals surface area contributed by atoms with Crippen molar-refractivity contribution in [1.82, 2.24) is 25.4 Å². The molecule has 1 saturated heterocycles. The minimum absolute atomic E-state index is 0.197. The minimum Gasteiger partial charge on any atom is -0.489 e. The Balaban J connectivity index is 1.10. The third-order valence-electron chi connectivity index (χ3n) is 7.76. The number of amides is 3. The third kappa shape index (κ3) is 4.30. The maximum absolute atomic E-state index is 13.3. The summed E-state index contributed by atoms with van der Waals surface area (Å²) in [4.78, 5) is 43.3. The zero-order valence-corrected chi connectivity index (χ0v) is 21.9. The molecule has 1 aromatic carbocycles. The molecule has 2 N–H and O–H groups in total. The zero-order chi connectivity index (χ0) is 26.9. The number of rotatable bonds is 7. The summed E-state index contributed by atoms with van der Waals surface area (Å²) in [5, 5.41) is 14.5. The largest absolute Gasteiger partial charge is 0.489 e. The standard InChI is InChI=1S/C27H25ClN6O5/c1-13-8-16(38-15-2-3-15)11-29-22(13)24-32-33-26(39-24)31-27(6-7-27)14-9-17-18(19(28)10-14)12-34(25(17)37)20-4-5-21(35)30-23(20)36/h8-11,15,20H,2-7,12H2,1H3,(H,31,33)(H,30,35,36). The van der Waals surface area contributed by atoms with E-state index in [9.17, 15) is 14.4 Å². The molecule has 1 atom stereocenters. The highest BCUT2D eigenvalue weighted by Gasteiger charge is 2.48. The van der Waals surface area contributed by atoms with Gasteiger partial charge < -0.3 is 19.4 Å². The van der Waals surface area contributed by atoms with Gasteiger partial charge >= 0.3 is 6.01 Å². The van der Waals surface area contributed by atoms with E-state index >= 15 is 0 Å². The number of nitrogens with zero attached hydrogens (tertiary/aromatic N) is 4. The molecule has 4 aliphatic rings. The van der Waals surface area contributed by atoms with Crippen molar-refractivity contribution in [2.45, 2.75) is 69.7 Å². The Morgan fingerprint density at radius 3 is 2.69 bits per heavy atom. The first-order valence-electron chi connectivity index (χ1n) is 13.0. The Morgan fingerprint density at radius 2 is 1.97 bits per heavy atom. The van der Waals surface area contributed by atoms with Crippen molar-refractivity contribution in [3.05, 3.63) is 51.7 Å². The number of piperidine rings is 1. The topological polar surface area (TPSA) is 140 Å². The highest BCUT2D eigenvalue weighted by atomic mass is 35.5. The van der Waals surface area contributed by atoms with Gasteiger partial charge in [-0.1, -0.05) is 16.7 Å². The van der Waals surface area contributed by atoms with Gasteiger partial charge in [-0.25, -0.2) is 4.98 Å². The number of anilines is 1. The molecule has 2 saturated carbocycles. The number of ether oxygens (including phenoxy) is 1. The number of nitrogens with one attached hydrogen (secondary N) is 2. The van der Waals surface area contributed by atoms with Gasteiger partial charge in [0.15, 0.2) is 0 Å². The highest BCUT2D eigenvalue weighted by molar-refractivity contribution is 6.32. The number of benzene rings is 1. The summed E-state index contributed by atoms with van der Waals surface area (Å²) in [6.07, 6.45) is 6.17. The van der Waals surface area contributed by atoms with Gasteiger partial charge in [0.05, 0.1) is 17.8 Å². The third-order valence-corrected chi connectivity index (χ3v) is 8.10. The van der Waals surface area contributed by atoms with E-state index in [0.29, 0.717) is 34.2 Å². The van der Waals surface area contributed by atoms with Crippen LogP contribution in [-0.4, -0.2) is 49.9 Å². The highest BCUT2D eigenvalue weighted by Crippen LogP contribution is 2.50. The number of hydrogen-bond donors (Lipinski definition) is 2. The first-order chi connectivity index (χ1) is 18.8. The fraction of sp³-hybridized carbons (Fsp3) is 0.407. The van der Waals surface area contributed by atoms with E-state index < -0.39 is 17.5 Å². The van der Waals surface area contributed by atoms with Crippen LogP contribution in [-0.2, 0) is 21.7 Å². The van der Waals surface area contributed by atoms with Gasteiger partial charge in [0.2, 0.25) is 11.8 Å².